The van der Waals surface area contributed by atoms with Crippen LogP contribution in [-0.4, -0.2) is 25.4 Å². The highest BCUT2D eigenvalue weighted by Gasteiger charge is 2.09. The fourth-order valence-electron chi connectivity index (χ4n) is 1.77. The van der Waals surface area contributed by atoms with Gasteiger partial charge in [0.2, 0.25) is 0 Å². The normalized spacial score (nSPS) is 10.8. The fourth-order valence-corrected chi connectivity index (χ4v) is 1.77. The highest BCUT2D eigenvalue weighted by atomic mass is 16.2. The van der Waals surface area contributed by atoms with Crippen molar-refractivity contribution < 1.29 is 0 Å². The first-order chi connectivity index (χ1) is 8.25. The van der Waals surface area contributed by atoms with Gasteiger partial charge >= 0.3 is 5.69 Å². The Morgan fingerprint density at radius 2 is 2.00 bits per heavy atom. The second kappa shape index (κ2) is 3.41. The molecular formula is C10H7N5O2. The summed E-state index contributed by atoms with van der Waals surface area (Å²) in [5, 5.41) is 10.5. The van der Waals surface area contributed by atoms with Crippen LogP contribution in [-0.2, 0) is 0 Å². The number of aromatic nitrogens is 5. The monoisotopic (exact) mass is 229 g/mol. The summed E-state index contributed by atoms with van der Waals surface area (Å²) in [6.07, 6.45) is 1.51. The average Bonchev–Trinajstić information content (AvgIpc) is 2.80. The molecule has 2 heterocycles. The maximum Gasteiger partial charge on any atom is 0.326 e. The van der Waals surface area contributed by atoms with Crippen LogP contribution in [0.15, 0.2) is 34.0 Å². The quantitative estimate of drug-likeness (QED) is 0.545. The second-order valence-corrected chi connectivity index (χ2v) is 3.49. The first-order valence-electron chi connectivity index (χ1n) is 4.87. The van der Waals surface area contributed by atoms with Gasteiger partial charge in [-0.15, -0.1) is 0 Å². The molecule has 84 valence electrons. The van der Waals surface area contributed by atoms with Gasteiger partial charge in [0.15, 0.2) is 0 Å². The number of hydrogen-bond acceptors (Lipinski definition) is 4. The topological polar surface area (TPSA) is 107 Å². The predicted molar refractivity (Wildman–Crippen MR) is 60.6 cm³/mol. The minimum atomic E-state index is -0.528. The summed E-state index contributed by atoms with van der Waals surface area (Å²) >= 11 is 0. The molecule has 3 N–H and O–H groups in total. The highest BCUT2D eigenvalue weighted by molar-refractivity contribution is 5.92. The van der Waals surface area contributed by atoms with Crippen LogP contribution >= 0.6 is 0 Å². The summed E-state index contributed by atoms with van der Waals surface area (Å²) in [5.41, 5.74) is 0.670. The minimum absolute atomic E-state index is 0.390. The molecule has 0 aliphatic heterocycles. The number of rotatable bonds is 1. The molecule has 17 heavy (non-hydrogen) atoms. The predicted octanol–water partition coefficient (Wildman–Crippen LogP) is 0.00150. The molecule has 0 spiro atoms. The van der Waals surface area contributed by atoms with Gasteiger partial charge in [-0.05, 0) is 6.07 Å². The summed E-state index contributed by atoms with van der Waals surface area (Å²) in [6.45, 7) is 0. The number of nitrogens with one attached hydrogen (secondary N) is 3. The van der Waals surface area contributed by atoms with Crippen LogP contribution in [0.25, 0.3) is 22.2 Å². The molecule has 0 fully saturated rings. The van der Waals surface area contributed by atoms with Crippen molar-refractivity contribution in [1.82, 2.24) is 25.4 Å². The molecule has 7 nitrogen and oxygen atoms in total. The lowest BCUT2D eigenvalue weighted by Crippen LogP contribution is -2.22. The third-order valence-electron chi connectivity index (χ3n) is 2.46. The molecule has 0 saturated heterocycles. The third kappa shape index (κ3) is 1.44. The number of aromatic amines is 3. The van der Waals surface area contributed by atoms with Crippen LogP contribution in [0.1, 0.15) is 0 Å². The van der Waals surface area contributed by atoms with E-state index in [-0.39, 0.29) is 0 Å². The van der Waals surface area contributed by atoms with Crippen molar-refractivity contribution >= 4 is 10.9 Å². The van der Waals surface area contributed by atoms with E-state index in [1.54, 1.807) is 18.2 Å². The molecule has 0 amide bonds. The van der Waals surface area contributed by atoms with Gasteiger partial charge in [-0.25, -0.2) is 4.79 Å². The van der Waals surface area contributed by atoms with E-state index in [1.807, 2.05) is 0 Å². The van der Waals surface area contributed by atoms with E-state index < -0.39 is 11.2 Å². The molecule has 0 saturated carbocycles. The van der Waals surface area contributed by atoms with Crippen molar-refractivity contribution in [3.63, 3.8) is 0 Å². The lowest BCUT2D eigenvalue weighted by Gasteiger charge is -2.01. The maximum atomic E-state index is 11.8. The van der Waals surface area contributed by atoms with E-state index in [4.69, 9.17) is 0 Å². The first kappa shape index (κ1) is 9.52. The van der Waals surface area contributed by atoms with Gasteiger partial charge in [0.25, 0.3) is 5.56 Å². The minimum Gasteiger partial charge on any atom is -0.307 e. The Kier molecular flexibility index (Phi) is 1.91. The van der Waals surface area contributed by atoms with Gasteiger partial charge in [-0.1, -0.05) is 12.1 Å². The molecule has 0 unspecified atom stereocenters. The smallest absolute Gasteiger partial charge is 0.307 e. The van der Waals surface area contributed by atoms with Gasteiger partial charge in [0.05, 0.1) is 17.1 Å². The molecule has 0 atom stereocenters. The van der Waals surface area contributed by atoms with Gasteiger partial charge in [-0.3, -0.25) is 9.78 Å². The van der Waals surface area contributed by atoms with Crippen molar-refractivity contribution in [3.05, 3.63) is 45.2 Å². The maximum absolute atomic E-state index is 11.8. The molecule has 0 aliphatic carbocycles. The van der Waals surface area contributed by atoms with Gasteiger partial charge < -0.3 is 4.98 Å². The van der Waals surface area contributed by atoms with E-state index in [0.717, 1.165) is 0 Å². The van der Waals surface area contributed by atoms with Crippen LogP contribution in [0, 0.1) is 0 Å². The number of benzene rings is 1. The zero-order valence-electron chi connectivity index (χ0n) is 8.52. The molecule has 0 radical (unpaired) electrons. The molecule has 0 aliphatic rings. The summed E-state index contributed by atoms with van der Waals surface area (Å²) in [5.74, 6) is 0. The second-order valence-electron chi connectivity index (χ2n) is 3.49. The van der Waals surface area contributed by atoms with Crippen LogP contribution < -0.4 is 11.2 Å². The molecule has 1 aromatic carbocycles. The largest absolute Gasteiger partial charge is 0.326 e. The van der Waals surface area contributed by atoms with Crippen molar-refractivity contribution in [2.24, 2.45) is 0 Å². The lowest BCUT2D eigenvalue weighted by molar-refractivity contribution is 0.942. The van der Waals surface area contributed by atoms with Gasteiger partial charge in [-0.2, -0.15) is 15.4 Å². The zero-order valence-corrected chi connectivity index (χ0v) is 8.52. The van der Waals surface area contributed by atoms with Crippen molar-refractivity contribution in [2.75, 3.05) is 0 Å². The SMILES string of the molecule is O=c1[nH]c(=O)c2c(-c3cn[nH]n3)cccc2[nH]1. The van der Waals surface area contributed by atoms with Crippen molar-refractivity contribution in [3.8, 4) is 11.3 Å². The molecular weight excluding hydrogens is 222 g/mol. The van der Waals surface area contributed by atoms with E-state index in [2.05, 4.69) is 25.4 Å². The Morgan fingerprint density at radius 1 is 1.12 bits per heavy atom. The summed E-state index contributed by atoms with van der Waals surface area (Å²) < 4.78 is 0. The van der Waals surface area contributed by atoms with Crippen LogP contribution in [0.4, 0.5) is 0 Å². The standard InChI is InChI=1S/C10H7N5O2/c16-9-8-5(7-4-11-15-14-7)2-1-3-6(8)12-10(17)13-9/h1-4H,(H,11,14,15)(H2,12,13,16,17). The molecule has 0 bridgehead atoms. The molecule has 3 rings (SSSR count). The Bertz CT molecular complexity index is 784. The lowest BCUT2D eigenvalue weighted by atomic mass is 10.1. The Hall–Kier alpha value is -2.70. The Labute approximate surface area is 93.5 Å². The third-order valence-corrected chi connectivity index (χ3v) is 2.46. The van der Waals surface area contributed by atoms with Crippen molar-refractivity contribution in [1.29, 1.82) is 0 Å². The number of fused-ring (bicyclic) bond motifs is 1. The van der Waals surface area contributed by atoms with Crippen LogP contribution in [0.3, 0.4) is 0 Å². The summed E-state index contributed by atoms with van der Waals surface area (Å²) in [4.78, 5) is 27.7. The molecule has 2 aromatic heterocycles. The fraction of sp³-hybridized carbons (Fsp3) is 0. The number of nitrogens with zero attached hydrogens (tertiary/aromatic N) is 2. The van der Waals surface area contributed by atoms with Gasteiger partial charge in [0.1, 0.15) is 5.69 Å². The molecule has 7 heteroatoms. The Balaban J connectivity index is 2.49. The highest BCUT2D eigenvalue weighted by Crippen LogP contribution is 2.21. The summed E-state index contributed by atoms with van der Waals surface area (Å²) in [6, 6.07) is 5.14. The van der Waals surface area contributed by atoms with Crippen molar-refractivity contribution in [2.45, 2.75) is 0 Å². The first-order valence-corrected chi connectivity index (χ1v) is 4.87. The van der Waals surface area contributed by atoms with E-state index >= 15 is 0 Å². The number of hydrogen-bond donors (Lipinski definition) is 3. The van der Waals surface area contributed by atoms with E-state index in [1.165, 1.54) is 6.20 Å². The van der Waals surface area contributed by atoms with E-state index in [0.29, 0.717) is 22.2 Å². The zero-order chi connectivity index (χ0) is 11.8. The Morgan fingerprint density at radius 3 is 2.76 bits per heavy atom. The van der Waals surface area contributed by atoms with Crippen LogP contribution in [0.5, 0.6) is 0 Å². The average molecular weight is 229 g/mol. The van der Waals surface area contributed by atoms with Crippen LogP contribution in [0.2, 0.25) is 0 Å². The summed E-state index contributed by atoms with van der Waals surface area (Å²) in [7, 11) is 0. The van der Waals surface area contributed by atoms with E-state index in [9.17, 15) is 9.59 Å². The number of H-pyrrole nitrogens is 3. The van der Waals surface area contributed by atoms with Gasteiger partial charge in [0, 0.05) is 5.56 Å². The molecule has 3 aromatic rings.